The van der Waals surface area contributed by atoms with Crippen LogP contribution in [0.2, 0.25) is 0 Å². The van der Waals surface area contributed by atoms with Crippen LogP contribution in [0, 0.1) is 0 Å². The molecule has 0 aromatic heterocycles. The molecule has 0 spiro atoms. The first kappa shape index (κ1) is 12.3. The molecule has 0 bridgehead atoms. The van der Waals surface area contributed by atoms with Gasteiger partial charge in [0.2, 0.25) is 0 Å². The van der Waals surface area contributed by atoms with Gasteiger partial charge in [0.15, 0.2) is 0 Å². The molecule has 0 rings (SSSR count). The summed E-state index contributed by atoms with van der Waals surface area (Å²) in [4.78, 5) is 0. The zero-order valence-corrected chi connectivity index (χ0v) is 10.4. The van der Waals surface area contributed by atoms with E-state index in [1.807, 2.05) is 0 Å². The fourth-order valence-electron chi connectivity index (χ4n) is 0.0845. The topological polar surface area (TPSA) is 43.4 Å². The van der Waals surface area contributed by atoms with Gasteiger partial charge in [0.05, 0.1) is 0 Å². The van der Waals surface area contributed by atoms with Crippen molar-refractivity contribution < 1.29 is 25.8 Å². The van der Waals surface area contributed by atoms with E-state index in [0.717, 1.165) is 0 Å². The Labute approximate surface area is 69.5 Å². The van der Waals surface area contributed by atoms with Gasteiger partial charge in [-0.1, -0.05) is 0 Å². The van der Waals surface area contributed by atoms with Gasteiger partial charge in [-0.2, -0.15) is 4.18 Å². The third kappa shape index (κ3) is 11.9. The van der Waals surface area contributed by atoms with Gasteiger partial charge in [0, 0.05) is 0 Å². The third-order valence-electron chi connectivity index (χ3n) is 0.178. The van der Waals surface area contributed by atoms with Gasteiger partial charge < -0.3 is 0 Å². The van der Waals surface area contributed by atoms with Gasteiger partial charge in [0.1, 0.15) is 0 Å². The standard InChI is InChI=1S/CHF3O3S.Bi.3H/c2-1(3,4)7-8(5)6;;;;/h8H;;;;. The summed E-state index contributed by atoms with van der Waals surface area (Å²) in [6.07, 6.45) is -5.07. The van der Waals surface area contributed by atoms with Crippen molar-refractivity contribution in [3.63, 3.8) is 0 Å². The monoisotopic (exact) mass is 362 g/mol. The van der Waals surface area contributed by atoms with E-state index in [4.69, 9.17) is 8.42 Å². The van der Waals surface area contributed by atoms with E-state index in [-0.39, 0.29) is 26.2 Å². The summed E-state index contributed by atoms with van der Waals surface area (Å²) in [6.45, 7) is 0. The molecule has 58 valence electrons. The molecule has 8 heteroatoms. The van der Waals surface area contributed by atoms with Gasteiger partial charge in [-0.05, 0) is 0 Å². The van der Waals surface area contributed by atoms with Crippen LogP contribution in [0.4, 0.5) is 13.2 Å². The molecule has 0 radical (unpaired) electrons. The Balaban J connectivity index is 0. The molecule has 0 unspecified atom stereocenters. The zero-order valence-electron chi connectivity index (χ0n) is 4.01. The molecule has 3 nitrogen and oxygen atoms in total. The first-order chi connectivity index (χ1) is 3.42. The van der Waals surface area contributed by atoms with E-state index in [2.05, 4.69) is 4.18 Å². The van der Waals surface area contributed by atoms with Crippen LogP contribution in [0.3, 0.4) is 0 Å². The molecular weight excluding hydrogens is 358 g/mol. The van der Waals surface area contributed by atoms with Gasteiger partial charge in [-0.3, -0.25) is 0 Å². The number of rotatable bonds is 1. The van der Waals surface area contributed by atoms with E-state index in [9.17, 15) is 13.2 Å². The summed E-state index contributed by atoms with van der Waals surface area (Å²) in [7, 11) is -3.81. The van der Waals surface area contributed by atoms with Gasteiger partial charge in [0.25, 0.3) is 11.0 Å². The molecule has 0 aliphatic heterocycles. The summed E-state index contributed by atoms with van der Waals surface area (Å²) in [6, 6.07) is 0. The summed E-state index contributed by atoms with van der Waals surface area (Å²) in [5.74, 6) is 0. The molecule has 0 amide bonds. The molecule has 0 aliphatic rings. The van der Waals surface area contributed by atoms with Crippen LogP contribution in [0.15, 0.2) is 0 Å². The second-order valence-corrected chi connectivity index (χ2v) is 1.39. The summed E-state index contributed by atoms with van der Waals surface area (Å²) in [5.41, 5.74) is 0. The van der Waals surface area contributed by atoms with E-state index >= 15 is 0 Å². The Hall–Kier alpha value is 0.583. The molecule has 0 fully saturated rings. The summed E-state index contributed by atoms with van der Waals surface area (Å²) >= 11 is 0. The van der Waals surface area contributed by atoms with Crippen LogP contribution in [0.5, 0.6) is 0 Å². The van der Waals surface area contributed by atoms with Crippen molar-refractivity contribution in [2.24, 2.45) is 0 Å². The van der Waals surface area contributed by atoms with E-state index in [1.54, 1.807) is 0 Å². The predicted molar refractivity (Wildman–Crippen MR) is 27.4 cm³/mol. The van der Waals surface area contributed by atoms with Crippen molar-refractivity contribution in [3.05, 3.63) is 0 Å². The van der Waals surface area contributed by atoms with Gasteiger partial charge >= 0.3 is 32.6 Å². The van der Waals surface area contributed by atoms with Crippen molar-refractivity contribution in [1.29, 1.82) is 0 Å². The third-order valence-corrected chi connectivity index (χ3v) is 0.534. The van der Waals surface area contributed by atoms with Gasteiger partial charge in [-0.15, -0.1) is 13.2 Å². The Kier molecular flexibility index (Phi) is 6.01. The van der Waals surface area contributed by atoms with Crippen LogP contribution in [0.25, 0.3) is 0 Å². The summed E-state index contributed by atoms with van der Waals surface area (Å²) in [5, 5.41) is 0. The number of hydrogen-bond acceptors (Lipinski definition) is 3. The zero-order chi connectivity index (χ0) is 6.78. The van der Waals surface area contributed by atoms with Crippen molar-refractivity contribution in [2.45, 2.75) is 6.36 Å². The van der Waals surface area contributed by atoms with Crippen LogP contribution in [0.1, 0.15) is 0 Å². The van der Waals surface area contributed by atoms with Crippen molar-refractivity contribution in [3.8, 4) is 0 Å². The molecule has 0 saturated carbocycles. The number of alkyl halides is 3. The SMILES string of the molecule is O=[SH](=O)OC(F)(F)F.[BiH3]. The molecule has 0 aromatic rings. The molecule has 0 atom stereocenters. The van der Waals surface area contributed by atoms with E-state index < -0.39 is 17.3 Å². The Morgan fingerprint density at radius 3 is 1.56 bits per heavy atom. The Morgan fingerprint density at radius 2 is 1.56 bits per heavy atom. The first-order valence-corrected chi connectivity index (χ1v) is 2.41. The van der Waals surface area contributed by atoms with Crippen LogP contribution in [-0.4, -0.2) is 41.0 Å². The van der Waals surface area contributed by atoms with Crippen LogP contribution >= 0.6 is 0 Å². The number of thiol groups is 1. The van der Waals surface area contributed by atoms with E-state index in [0.29, 0.717) is 0 Å². The second kappa shape index (κ2) is 4.41. The Bertz CT molecular complexity index is 130. The quantitative estimate of drug-likeness (QED) is 0.474. The average Bonchev–Trinajstić information content (AvgIpc) is 1.21. The van der Waals surface area contributed by atoms with Crippen molar-refractivity contribution in [2.75, 3.05) is 0 Å². The fraction of sp³-hybridized carbons (Fsp3) is 1.00. The second-order valence-electron chi connectivity index (χ2n) is 0.761. The number of halogens is 3. The molecular formula is CH4BiF3O3S. The first-order valence-electron chi connectivity index (χ1n) is 1.32. The van der Waals surface area contributed by atoms with Crippen LogP contribution < -0.4 is 0 Å². The number of hydrogen-bond donors (Lipinski definition) is 1. The molecule has 0 saturated heterocycles. The molecule has 0 aromatic carbocycles. The van der Waals surface area contributed by atoms with E-state index in [1.165, 1.54) is 0 Å². The van der Waals surface area contributed by atoms with Gasteiger partial charge in [-0.25, -0.2) is 8.42 Å². The molecule has 0 aliphatic carbocycles. The average molecular weight is 362 g/mol. The van der Waals surface area contributed by atoms with Crippen molar-refractivity contribution >= 4 is 37.2 Å². The minimum atomic E-state index is -5.07. The normalized spacial score (nSPS) is 11.1. The maximum absolute atomic E-state index is 10.7. The predicted octanol–water partition coefficient (Wildman–Crippen LogP) is -1.13. The molecule has 0 N–H and O–H groups in total. The van der Waals surface area contributed by atoms with Crippen molar-refractivity contribution in [1.82, 2.24) is 0 Å². The minimum absolute atomic E-state index is 0. The molecule has 0 heterocycles. The summed E-state index contributed by atoms with van der Waals surface area (Å²) < 4.78 is 52.7. The Morgan fingerprint density at radius 1 is 1.22 bits per heavy atom. The van der Waals surface area contributed by atoms with Crippen LogP contribution in [-0.2, 0) is 15.2 Å². The maximum atomic E-state index is 10.7. The molecule has 9 heavy (non-hydrogen) atoms. The fourth-order valence-corrected chi connectivity index (χ4v) is 0.254.